The summed E-state index contributed by atoms with van der Waals surface area (Å²) in [6.45, 7) is 5.56. The number of rotatable bonds is 3. The van der Waals surface area contributed by atoms with Crippen molar-refractivity contribution in [3.63, 3.8) is 0 Å². The molecule has 0 aliphatic carbocycles. The molecule has 2 atom stereocenters. The molecule has 1 aromatic heterocycles. The number of ether oxygens (including phenoxy) is 1. The van der Waals surface area contributed by atoms with Crippen LogP contribution in [0.3, 0.4) is 0 Å². The predicted molar refractivity (Wildman–Crippen MR) is 106 cm³/mol. The monoisotopic (exact) mass is 383 g/mol. The van der Waals surface area contributed by atoms with Gasteiger partial charge in [-0.25, -0.2) is 0 Å². The van der Waals surface area contributed by atoms with Gasteiger partial charge in [0.2, 0.25) is 0 Å². The summed E-state index contributed by atoms with van der Waals surface area (Å²) < 4.78 is 7.60. The van der Waals surface area contributed by atoms with Crippen LogP contribution in [-0.4, -0.2) is 44.9 Å². The predicted octanol–water partition coefficient (Wildman–Crippen LogP) is 2.95. The van der Waals surface area contributed by atoms with Crippen molar-refractivity contribution >= 4 is 5.91 Å². The lowest BCUT2D eigenvalue weighted by Crippen LogP contribution is -2.39. The zero-order chi connectivity index (χ0) is 19.8. The molecule has 1 fully saturated rings. The molecule has 1 saturated heterocycles. The summed E-state index contributed by atoms with van der Waals surface area (Å²) >= 11 is 0. The highest BCUT2D eigenvalue weighted by Crippen LogP contribution is 2.34. The fourth-order valence-corrected chi connectivity index (χ4v) is 4.75. The van der Waals surface area contributed by atoms with E-state index < -0.39 is 0 Å². The van der Waals surface area contributed by atoms with Crippen LogP contribution < -0.4 is 0 Å². The molecule has 1 N–H and O–H groups in total. The summed E-state index contributed by atoms with van der Waals surface area (Å²) in [5.74, 6) is 0.466. The van der Waals surface area contributed by atoms with Crippen LogP contribution in [0.15, 0.2) is 24.3 Å². The minimum absolute atomic E-state index is 0.0644. The van der Waals surface area contributed by atoms with E-state index in [1.807, 2.05) is 44.0 Å². The number of nitrogens with zero attached hydrogens (tertiary/aromatic N) is 3. The summed E-state index contributed by atoms with van der Waals surface area (Å²) in [5.41, 5.74) is 4.87. The maximum atomic E-state index is 13.3. The molecular formula is C22H29N3O3. The molecule has 6 heteroatoms. The van der Waals surface area contributed by atoms with Gasteiger partial charge in [-0.15, -0.1) is 0 Å². The Morgan fingerprint density at radius 2 is 1.96 bits per heavy atom. The molecule has 0 unspecified atom stereocenters. The van der Waals surface area contributed by atoms with E-state index in [4.69, 9.17) is 4.74 Å². The van der Waals surface area contributed by atoms with Gasteiger partial charge < -0.3 is 14.7 Å². The van der Waals surface area contributed by atoms with Crippen molar-refractivity contribution in [2.75, 3.05) is 13.1 Å². The molecule has 6 nitrogen and oxygen atoms in total. The van der Waals surface area contributed by atoms with E-state index in [0.29, 0.717) is 11.6 Å². The number of hydrogen-bond acceptors (Lipinski definition) is 4. The largest absolute Gasteiger partial charge is 0.392 e. The highest BCUT2D eigenvalue weighted by molar-refractivity contribution is 5.94. The fourth-order valence-electron chi connectivity index (χ4n) is 4.75. The number of aromatic nitrogens is 2. The number of piperidine rings is 1. The third kappa shape index (κ3) is 3.35. The zero-order valence-electron chi connectivity index (χ0n) is 16.9. The van der Waals surface area contributed by atoms with E-state index in [1.165, 1.54) is 5.56 Å². The molecule has 3 heterocycles. The van der Waals surface area contributed by atoms with Crippen molar-refractivity contribution in [2.45, 2.75) is 57.8 Å². The Hall–Kier alpha value is -2.18. The molecule has 4 rings (SSSR count). The van der Waals surface area contributed by atoms with E-state index >= 15 is 0 Å². The van der Waals surface area contributed by atoms with Crippen LogP contribution in [0.5, 0.6) is 0 Å². The summed E-state index contributed by atoms with van der Waals surface area (Å²) in [6.07, 6.45) is 2.58. The van der Waals surface area contributed by atoms with Gasteiger partial charge in [-0.2, -0.15) is 5.10 Å². The lowest BCUT2D eigenvalue weighted by Gasteiger charge is -2.33. The molecule has 0 saturated carbocycles. The van der Waals surface area contributed by atoms with E-state index in [-0.39, 0.29) is 24.7 Å². The number of carbonyl (C=O) groups is 1. The molecule has 0 bridgehead atoms. The van der Waals surface area contributed by atoms with Gasteiger partial charge in [-0.1, -0.05) is 24.3 Å². The number of likely N-dealkylation sites (tertiary alicyclic amines) is 1. The van der Waals surface area contributed by atoms with Gasteiger partial charge in [0.15, 0.2) is 0 Å². The number of carbonyl (C=O) groups excluding carboxylic acids is 1. The first-order valence-corrected chi connectivity index (χ1v) is 10.2. The highest BCUT2D eigenvalue weighted by atomic mass is 16.5. The van der Waals surface area contributed by atoms with Crippen molar-refractivity contribution in [1.82, 2.24) is 14.7 Å². The molecular weight excluding hydrogens is 354 g/mol. The number of hydrogen-bond donors (Lipinski definition) is 1. The first kappa shape index (κ1) is 19.2. The average Bonchev–Trinajstić information content (AvgIpc) is 3.03. The molecule has 2 aliphatic heterocycles. The van der Waals surface area contributed by atoms with Crippen LogP contribution in [0, 0.1) is 0 Å². The van der Waals surface area contributed by atoms with Crippen LogP contribution in [0.25, 0.3) is 0 Å². The molecule has 150 valence electrons. The highest BCUT2D eigenvalue weighted by Gasteiger charge is 2.34. The second-order valence-corrected chi connectivity index (χ2v) is 8.05. The van der Waals surface area contributed by atoms with Crippen LogP contribution in [0.4, 0.5) is 0 Å². The van der Waals surface area contributed by atoms with Crippen molar-refractivity contribution in [2.24, 2.45) is 7.05 Å². The van der Waals surface area contributed by atoms with E-state index in [2.05, 4.69) is 11.2 Å². The van der Waals surface area contributed by atoms with Gasteiger partial charge in [0, 0.05) is 32.1 Å². The molecule has 1 aromatic carbocycles. The Labute approximate surface area is 166 Å². The normalized spacial score (nSPS) is 22.9. The summed E-state index contributed by atoms with van der Waals surface area (Å²) in [7, 11) is 1.85. The van der Waals surface area contributed by atoms with E-state index in [9.17, 15) is 9.90 Å². The molecule has 2 aromatic rings. The number of benzene rings is 1. The van der Waals surface area contributed by atoms with Gasteiger partial charge in [0.25, 0.3) is 5.91 Å². The van der Waals surface area contributed by atoms with E-state index in [1.54, 1.807) is 4.68 Å². The van der Waals surface area contributed by atoms with Crippen molar-refractivity contribution in [3.05, 3.63) is 52.3 Å². The Morgan fingerprint density at radius 3 is 2.68 bits per heavy atom. The van der Waals surface area contributed by atoms with Gasteiger partial charge >= 0.3 is 0 Å². The number of aryl methyl sites for hydroxylation is 1. The Morgan fingerprint density at radius 1 is 1.25 bits per heavy atom. The number of aliphatic hydroxyl groups is 1. The summed E-state index contributed by atoms with van der Waals surface area (Å²) in [6, 6.07) is 8.08. The van der Waals surface area contributed by atoms with Crippen molar-refractivity contribution < 1.29 is 14.6 Å². The number of fused-ring (bicyclic) bond motifs is 1. The molecule has 28 heavy (non-hydrogen) atoms. The fraction of sp³-hybridized carbons (Fsp3) is 0.545. The Balaban J connectivity index is 1.51. The second kappa shape index (κ2) is 7.68. The lowest BCUT2D eigenvalue weighted by molar-refractivity contribution is -0.00714. The van der Waals surface area contributed by atoms with Gasteiger partial charge in [-0.05, 0) is 43.7 Å². The quantitative estimate of drug-likeness (QED) is 0.885. The Bertz CT molecular complexity index is 868. The van der Waals surface area contributed by atoms with Gasteiger partial charge in [-0.3, -0.25) is 9.48 Å². The molecule has 1 amide bonds. The average molecular weight is 383 g/mol. The third-order valence-corrected chi connectivity index (χ3v) is 6.14. The Kier molecular flexibility index (Phi) is 5.25. The van der Waals surface area contributed by atoms with Gasteiger partial charge in [0.1, 0.15) is 5.69 Å². The smallest absolute Gasteiger partial charge is 0.272 e. The zero-order valence-corrected chi connectivity index (χ0v) is 16.9. The third-order valence-electron chi connectivity index (χ3n) is 6.14. The lowest BCUT2D eigenvalue weighted by atomic mass is 9.86. The van der Waals surface area contributed by atoms with Crippen LogP contribution in [-0.2, 0) is 24.8 Å². The van der Waals surface area contributed by atoms with Crippen LogP contribution in [0.2, 0.25) is 0 Å². The maximum absolute atomic E-state index is 13.3. The van der Waals surface area contributed by atoms with Crippen LogP contribution >= 0.6 is 0 Å². The van der Waals surface area contributed by atoms with Gasteiger partial charge in [0.05, 0.1) is 24.5 Å². The SMILES string of the molecule is C[C@@H]1Cc2c(nn(C)c2C(=O)N2CCC(c3ccccc3CO)CC2)[C@H](C)O1. The first-order valence-electron chi connectivity index (χ1n) is 10.2. The minimum Gasteiger partial charge on any atom is -0.392 e. The minimum atomic E-state index is -0.0766. The second-order valence-electron chi connectivity index (χ2n) is 8.05. The molecule has 0 radical (unpaired) electrons. The van der Waals surface area contributed by atoms with E-state index in [0.717, 1.165) is 49.2 Å². The number of aliphatic hydroxyl groups excluding tert-OH is 1. The molecule has 2 aliphatic rings. The number of amides is 1. The first-order chi connectivity index (χ1) is 13.5. The summed E-state index contributed by atoms with van der Waals surface area (Å²) in [4.78, 5) is 15.3. The standard InChI is InChI=1S/C22H29N3O3/c1-14-12-19-20(15(2)28-14)23-24(3)21(19)22(27)25-10-8-16(9-11-25)18-7-5-4-6-17(18)13-26/h4-7,14-16,26H,8-13H2,1-3H3/t14-,15+/m1/s1. The topological polar surface area (TPSA) is 67.6 Å². The van der Waals surface area contributed by atoms with Crippen molar-refractivity contribution in [1.29, 1.82) is 0 Å². The molecule has 0 spiro atoms. The van der Waals surface area contributed by atoms with Crippen LogP contribution in [0.1, 0.15) is 71.6 Å². The maximum Gasteiger partial charge on any atom is 0.272 e. The van der Waals surface area contributed by atoms with Crippen molar-refractivity contribution in [3.8, 4) is 0 Å². The summed E-state index contributed by atoms with van der Waals surface area (Å²) in [5, 5.41) is 14.2.